The molecule has 0 bridgehead atoms. The predicted octanol–water partition coefficient (Wildman–Crippen LogP) is 5.18. The van der Waals surface area contributed by atoms with Crippen molar-refractivity contribution in [3.63, 3.8) is 0 Å². The quantitative estimate of drug-likeness (QED) is 0.392. The van der Waals surface area contributed by atoms with E-state index in [0.717, 1.165) is 22.0 Å². The molecule has 0 saturated carbocycles. The largest absolute Gasteiger partial charge is 0.464 e. The zero-order valence-corrected chi connectivity index (χ0v) is 16.7. The van der Waals surface area contributed by atoms with Gasteiger partial charge in [-0.15, -0.1) is 0 Å². The van der Waals surface area contributed by atoms with Gasteiger partial charge < -0.3 is 15.5 Å². The molecule has 0 aliphatic carbocycles. The summed E-state index contributed by atoms with van der Waals surface area (Å²) in [5.41, 5.74) is 10.6. The average molecular weight is 408 g/mol. The summed E-state index contributed by atoms with van der Waals surface area (Å²) in [6, 6.07) is 24.7. The van der Waals surface area contributed by atoms with Crippen LogP contribution in [-0.2, 0) is 6.54 Å². The van der Waals surface area contributed by atoms with E-state index in [1.807, 2.05) is 83.7 Å². The number of hydrogen-bond donors (Lipinski definition) is 2. The highest BCUT2D eigenvalue weighted by Gasteiger charge is 2.11. The lowest BCUT2D eigenvalue weighted by atomic mass is 10.1. The second-order valence-corrected chi connectivity index (χ2v) is 7.29. The molecule has 31 heavy (non-hydrogen) atoms. The lowest BCUT2D eigenvalue weighted by molar-refractivity contribution is 0.102. The number of furan rings is 1. The monoisotopic (exact) mass is 408 g/mol. The molecule has 5 rings (SSSR count). The number of benzene rings is 3. The van der Waals surface area contributed by atoms with Crippen LogP contribution in [0.2, 0.25) is 0 Å². The summed E-state index contributed by atoms with van der Waals surface area (Å²) in [6.07, 6.45) is 3.47. The number of amides is 1. The molecule has 152 valence electrons. The van der Waals surface area contributed by atoms with Crippen molar-refractivity contribution in [2.75, 3.05) is 11.1 Å². The van der Waals surface area contributed by atoms with Gasteiger partial charge in [0.05, 0.1) is 35.9 Å². The molecule has 0 aliphatic heterocycles. The second kappa shape index (κ2) is 7.84. The van der Waals surface area contributed by atoms with Crippen LogP contribution in [0.15, 0.2) is 95.7 Å². The maximum Gasteiger partial charge on any atom is 0.255 e. The summed E-state index contributed by atoms with van der Waals surface area (Å²) in [6.45, 7) is 0.632. The Morgan fingerprint density at radius 1 is 1.00 bits per heavy atom. The van der Waals surface area contributed by atoms with E-state index in [4.69, 9.17) is 10.2 Å². The maximum atomic E-state index is 12.8. The first-order valence-electron chi connectivity index (χ1n) is 9.91. The van der Waals surface area contributed by atoms with Gasteiger partial charge in [-0.3, -0.25) is 9.48 Å². The number of para-hydroxylation sites is 1. The van der Waals surface area contributed by atoms with Gasteiger partial charge in [0.1, 0.15) is 5.76 Å². The number of nitrogen functional groups attached to an aromatic ring is 1. The first-order valence-corrected chi connectivity index (χ1v) is 9.91. The van der Waals surface area contributed by atoms with Crippen LogP contribution in [0.3, 0.4) is 0 Å². The van der Waals surface area contributed by atoms with Crippen LogP contribution in [0, 0.1) is 0 Å². The molecule has 0 radical (unpaired) electrons. The van der Waals surface area contributed by atoms with E-state index >= 15 is 0 Å². The number of nitrogens with one attached hydrogen (secondary N) is 1. The van der Waals surface area contributed by atoms with Crippen molar-refractivity contribution in [1.29, 1.82) is 0 Å². The van der Waals surface area contributed by atoms with Gasteiger partial charge in [0.15, 0.2) is 0 Å². The number of fused-ring (bicyclic) bond motifs is 1. The molecule has 0 aliphatic rings. The Bertz CT molecular complexity index is 1350. The number of hydrogen-bond acceptors (Lipinski definition) is 4. The van der Waals surface area contributed by atoms with Crippen molar-refractivity contribution in [2.24, 2.45) is 0 Å². The maximum absolute atomic E-state index is 12.8. The van der Waals surface area contributed by atoms with E-state index in [1.165, 1.54) is 0 Å². The van der Waals surface area contributed by atoms with Gasteiger partial charge in [0.25, 0.3) is 5.91 Å². The Hall–Kier alpha value is -4.32. The van der Waals surface area contributed by atoms with Crippen LogP contribution < -0.4 is 11.1 Å². The van der Waals surface area contributed by atoms with Crippen LogP contribution in [0.4, 0.5) is 11.4 Å². The van der Waals surface area contributed by atoms with Crippen molar-refractivity contribution < 1.29 is 9.21 Å². The number of carbonyl (C=O) groups excluding carboxylic acids is 1. The normalized spacial score (nSPS) is 11.0. The third kappa shape index (κ3) is 3.79. The zero-order valence-electron chi connectivity index (χ0n) is 16.7. The highest BCUT2D eigenvalue weighted by molar-refractivity contribution is 6.06. The van der Waals surface area contributed by atoms with Gasteiger partial charge in [0, 0.05) is 16.5 Å². The molecule has 1 amide bonds. The molecule has 3 N–H and O–H groups in total. The summed E-state index contributed by atoms with van der Waals surface area (Å²) in [7, 11) is 0. The Morgan fingerprint density at radius 2 is 1.84 bits per heavy atom. The van der Waals surface area contributed by atoms with Crippen molar-refractivity contribution in [1.82, 2.24) is 9.78 Å². The molecule has 2 heterocycles. The summed E-state index contributed by atoms with van der Waals surface area (Å²) in [5, 5.41) is 8.46. The SMILES string of the molecule is Nc1ccc(-c2ccco2)cc1NC(=O)c1ccc(Cn2ncc3ccccc32)cc1. The average Bonchev–Trinajstić information content (AvgIpc) is 3.47. The first-order chi connectivity index (χ1) is 15.2. The van der Waals surface area contributed by atoms with Crippen LogP contribution >= 0.6 is 0 Å². The summed E-state index contributed by atoms with van der Waals surface area (Å²) < 4.78 is 7.38. The fourth-order valence-electron chi connectivity index (χ4n) is 3.54. The van der Waals surface area contributed by atoms with E-state index in [9.17, 15) is 4.79 Å². The zero-order chi connectivity index (χ0) is 21.2. The lowest BCUT2D eigenvalue weighted by Gasteiger charge is -2.10. The third-order valence-electron chi connectivity index (χ3n) is 5.21. The lowest BCUT2D eigenvalue weighted by Crippen LogP contribution is -2.13. The highest BCUT2D eigenvalue weighted by Crippen LogP contribution is 2.28. The Balaban J connectivity index is 1.32. The van der Waals surface area contributed by atoms with E-state index in [2.05, 4.69) is 10.4 Å². The minimum absolute atomic E-state index is 0.223. The minimum Gasteiger partial charge on any atom is -0.464 e. The Kier molecular flexibility index (Phi) is 4.72. The molecule has 6 nitrogen and oxygen atoms in total. The predicted molar refractivity (Wildman–Crippen MR) is 122 cm³/mol. The minimum atomic E-state index is -0.223. The Labute approximate surface area is 178 Å². The van der Waals surface area contributed by atoms with Gasteiger partial charge in [-0.1, -0.05) is 30.3 Å². The van der Waals surface area contributed by atoms with Crippen LogP contribution in [0.5, 0.6) is 0 Å². The number of aromatic nitrogens is 2. The Morgan fingerprint density at radius 3 is 2.65 bits per heavy atom. The van der Waals surface area contributed by atoms with Crippen molar-refractivity contribution >= 4 is 28.2 Å². The molecule has 0 fully saturated rings. The number of nitrogens with zero attached hydrogens (tertiary/aromatic N) is 2. The summed E-state index contributed by atoms with van der Waals surface area (Å²) in [4.78, 5) is 12.8. The van der Waals surface area contributed by atoms with Crippen LogP contribution in [-0.4, -0.2) is 15.7 Å². The number of nitrogens with two attached hydrogens (primary N) is 1. The molecule has 0 atom stereocenters. The van der Waals surface area contributed by atoms with Gasteiger partial charge >= 0.3 is 0 Å². The van der Waals surface area contributed by atoms with E-state index < -0.39 is 0 Å². The molecular formula is C25H20N4O2. The van der Waals surface area contributed by atoms with Crippen LogP contribution in [0.25, 0.3) is 22.2 Å². The molecule has 2 aromatic heterocycles. The van der Waals surface area contributed by atoms with Gasteiger partial charge in [0.2, 0.25) is 0 Å². The van der Waals surface area contributed by atoms with Gasteiger partial charge in [-0.05, 0) is 54.1 Å². The van der Waals surface area contributed by atoms with Crippen molar-refractivity contribution in [2.45, 2.75) is 6.54 Å². The number of anilines is 2. The van der Waals surface area contributed by atoms with Crippen molar-refractivity contribution in [3.05, 3.63) is 102 Å². The smallest absolute Gasteiger partial charge is 0.255 e. The van der Waals surface area contributed by atoms with E-state index in [1.54, 1.807) is 12.3 Å². The molecule has 0 saturated heterocycles. The van der Waals surface area contributed by atoms with Crippen molar-refractivity contribution in [3.8, 4) is 11.3 Å². The molecular weight excluding hydrogens is 388 g/mol. The first kappa shape index (κ1) is 18.7. The third-order valence-corrected chi connectivity index (χ3v) is 5.21. The molecule has 3 aromatic carbocycles. The fraction of sp³-hybridized carbons (Fsp3) is 0.0400. The number of carbonyl (C=O) groups is 1. The fourth-order valence-corrected chi connectivity index (χ4v) is 3.54. The molecule has 0 spiro atoms. The van der Waals surface area contributed by atoms with E-state index in [0.29, 0.717) is 29.2 Å². The van der Waals surface area contributed by atoms with Crippen LogP contribution in [0.1, 0.15) is 15.9 Å². The molecule has 5 aromatic rings. The number of rotatable bonds is 5. The van der Waals surface area contributed by atoms with Gasteiger partial charge in [-0.2, -0.15) is 5.10 Å². The standard InChI is InChI=1S/C25H20N4O2/c26-21-12-11-19(24-6-3-13-31-24)14-22(21)28-25(30)18-9-7-17(8-10-18)16-29-23-5-2-1-4-20(23)15-27-29/h1-15H,16,26H2,(H,28,30). The molecule has 0 unspecified atom stereocenters. The van der Waals surface area contributed by atoms with Gasteiger partial charge in [-0.25, -0.2) is 0 Å². The topological polar surface area (TPSA) is 86.1 Å². The molecule has 6 heteroatoms. The second-order valence-electron chi connectivity index (χ2n) is 7.29. The summed E-state index contributed by atoms with van der Waals surface area (Å²) >= 11 is 0. The summed E-state index contributed by atoms with van der Waals surface area (Å²) in [5.74, 6) is 0.491. The highest BCUT2D eigenvalue weighted by atomic mass is 16.3. The van der Waals surface area contributed by atoms with E-state index in [-0.39, 0.29) is 5.91 Å².